The van der Waals surface area contributed by atoms with Gasteiger partial charge in [0, 0.05) is 10.8 Å². The van der Waals surface area contributed by atoms with Gasteiger partial charge in [0.05, 0.1) is 0 Å². The largest absolute Gasteiger partial charge is 0.505 e. The predicted octanol–water partition coefficient (Wildman–Crippen LogP) is 8.35. The van der Waals surface area contributed by atoms with Crippen LogP contribution in [0.2, 0.25) is 0 Å². The van der Waals surface area contributed by atoms with Crippen LogP contribution in [0.4, 0.5) is 0 Å². The van der Waals surface area contributed by atoms with Crippen LogP contribution < -0.4 is 0 Å². The van der Waals surface area contributed by atoms with Gasteiger partial charge >= 0.3 is 0 Å². The van der Waals surface area contributed by atoms with Crippen LogP contribution in [0.25, 0.3) is 0 Å². The summed E-state index contributed by atoms with van der Waals surface area (Å²) in [5.41, 5.74) is 4.61. The van der Waals surface area contributed by atoms with E-state index < -0.39 is 5.41 Å². The van der Waals surface area contributed by atoms with Crippen LogP contribution in [-0.4, -0.2) is 10.9 Å². The maximum absolute atomic E-state index is 12.8. The summed E-state index contributed by atoms with van der Waals surface area (Å²) in [7, 11) is 0. The molecule has 0 heterocycles. The second kappa shape index (κ2) is 7.60. The number of carbonyl (C=O) groups is 1. The fourth-order valence-corrected chi connectivity index (χ4v) is 8.99. The van der Waals surface area contributed by atoms with E-state index in [4.69, 9.17) is 0 Å². The molecule has 6 atom stereocenters. The monoisotopic (exact) mass is 438 g/mol. The van der Waals surface area contributed by atoms with Gasteiger partial charge in [-0.1, -0.05) is 64.3 Å². The van der Waals surface area contributed by atoms with Crippen molar-refractivity contribution < 1.29 is 9.90 Å². The van der Waals surface area contributed by atoms with Crippen molar-refractivity contribution in [3.05, 3.63) is 34.6 Å². The number of ketones is 1. The highest BCUT2D eigenvalue weighted by Crippen LogP contribution is 2.71. The summed E-state index contributed by atoms with van der Waals surface area (Å²) in [5, 5.41) is 10.6. The van der Waals surface area contributed by atoms with E-state index in [1.807, 2.05) is 6.08 Å². The van der Waals surface area contributed by atoms with E-state index in [1.54, 1.807) is 11.1 Å². The summed E-state index contributed by atoms with van der Waals surface area (Å²) in [4.78, 5) is 12.8. The van der Waals surface area contributed by atoms with Gasteiger partial charge in [0.15, 0.2) is 5.76 Å². The van der Waals surface area contributed by atoms with Crippen LogP contribution in [0.5, 0.6) is 0 Å². The molecule has 1 unspecified atom stereocenters. The molecule has 2 nitrogen and oxygen atoms in total. The van der Waals surface area contributed by atoms with E-state index in [0.717, 1.165) is 31.1 Å². The van der Waals surface area contributed by atoms with E-state index in [0.29, 0.717) is 5.41 Å². The molecule has 1 saturated carbocycles. The molecule has 0 aromatic carbocycles. The number of allylic oxidation sites excluding steroid dienone is 6. The van der Waals surface area contributed by atoms with Crippen molar-refractivity contribution in [2.45, 2.75) is 107 Å². The van der Waals surface area contributed by atoms with Gasteiger partial charge < -0.3 is 5.11 Å². The molecule has 2 heteroatoms. The van der Waals surface area contributed by atoms with Crippen LogP contribution >= 0.6 is 0 Å². The van der Waals surface area contributed by atoms with Gasteiger partial charge in [-0.15, -0.1) is 0 Å². The first-order valence-corrected chi connectivity index (χ1v) is 13.1. The Morgan fingerprint density at radius 3 is 2.44 bits per heavy atom. The molecule has 4 aliphatic rings. The van der Waals surface area contributed by atoms with Crippen molar-refractivity contribution in [3.63, 3.8) is 0 Å². The molecule has 0 aromatic heterocycles. The van der Waals surface area contributed by atoms with Crippen LogP contribution in [0, 0.1) is 39.4 Å². The van der Waals surface area contributed by atoms with Gasteiger partial charge in [0.2, 0.25) is 5.78 Å². The smallest absolute Gasteiger partial charge is 0.202 e. The average molecular weight is 439 g/mol. The second-order valence-electron chi connectivity index (χ2n) is 13.1. The Bertz CT molecular complexity index is 898. The highest BCUT2D eigenvalue weighted by Gasteiger charge is 2.63. The summed E-state index contributed by atoms with van der Waals surface area (Å²) < 4.78 is 0. The molecule has 0 saturated heterocycles. The fraction of sp³-hybridized carbons (Fsp3) is 0.767. The van der Waals surface area contributed by atoms with Crippen molar-refractivity contribution in [2.75, 3.05) is 0 Å². The van der Waals surface area contributed by atoms with Gasteiger partial charge in [-0.3, -0.25) is 4.79 Å². The Hall–Kier alpha value is -1.31. The van der Waals surface area contributed by atoms with Gasteiger partial charge in [0.1, 0.15) is 0 Å². The lowest BCUT2D eigenvalue weighted by Gasteiger charge is -2.59. The van der Waals surface area contributed by atoms with Gasteiger partial charge in [-0.2, -0.15) is 0 Å². The van der Waals surface area contributed by atoms with Crippen LogP contribution in [0.15, 0.2) is 34.6 Å². The van der Waals surface area contributed by atoms with Crippen molar-refractivity contribution in [1.82, 2.24) is 0 Å². The fourth-order valence-electron chi connectivity index (χ4n) is 8.99. The lowest BCUT2D eigenvalue weighted by molar-refractivity contribution is -0.133. The molecule has 0 amide bonds. The minimum absolute atomic E-state index is 0.00168. The molecular formula is C30H46O2. The number of fused-ring (bicyclic) bond motifs is 4. The van der Waals surface area contributed by atoms with Gasteiger partial charge in [-0.25, -0.2) is 0 Å². The number of rotatable bonds is 4. The van der Waals surface area contributed by atoms with Gasteiger partial charge in [-0.05, 0) is 99.9 Å². The highest BCUT2D eigenvalue weighted by molar-refractivity contribution is 5.99. The van der Waals surface area contributed by atoms with E-state index in [-0.39, 0.29) is 28.3 Å². The molecule has 178 valence electrons. The Morgan fingerprint density at radius 2 is 1.78 bits per heavy atom. The Labute approximate surface area is 196 Å². The third kappa shape index (κ3) is 3.14. The normalized spacial score (nSPS) is 41.4. The van der Waals surface area contributed by atoms with Crippen molar-refractivity contribution in [1.29, 1.82) is 0 Å². The van der Waals surface area contributed by atoms with E-state index in [1.165, 1.54) is 37.7 Å². The molecule has 0 aliphatic heterocycles. The topological polar surface area (TPSA) is 37.3 Å². The zero-order chi connectivity index (χ0) is 23.7. The first-order chi connectivity index (χ1) is 14.8. The SMILES string of the molecule is CC(C)=CCC[C@@H](C)C1CC[C@@]2(C)C3=C(CC[C@]12C)[C@@]1(C)C=C(O)C(=O)C(C)(C)[C@@H]1CC3. The van der Waals surface area contributed by atoms with Crippen molar-refractivity contribution in [3.8, 4) is 0 Å². The van der Waals surface area contributed by atoms with Crippen molar-refractivity contribution >= 4 is 5.78 Å². The Kier molecular flexibility index (Phi) is 5.66. The van der Waals surface area contributed by atoms with Crippen molar-refractivity contribution in [2.24, 2.45) is 39.4 Å². The lowest BCUT2D eigenvalue weighted by atomic mass is 9.44. The molecule has 0 aromatic rings. The maximum Gasteiger partial charge on any atom is 0.202 e. The standard InChI is InChI=1S/C30H46O2/c1-19(2)10-9-11-20(3)21-14-16-30(8)23-12-13-25-27(4,5)26(32)24(31)18-28(25,6)22(23)15-17-29(21,30)7/h10,18,20-21,25,31H,9,11-17H2,1-8H3/t20-,21?,25+,28-,29-,30+/m1/s1. The van der Waals surface area contributed by atoms with Crippen LogP contribution in [0.1, 0.15) is 107 Å². The number of carbonyl (C=O) groups excluding carboxylic acids is 1. The lowest BCUT2D eigenvalue weighted by Crippen LogP contribution is -2.53. The molecule has 0 spiro atoms. The Balaban J connectivity index is 1.71. The maximum atomic E-state index is 12.8. The number of aliphatic hydroxyl groups is 1. The molecule has 32 heavy (non-hydrogen) atoms. The third-order valence-corrected chi connectivity index (χ3v) is 11.0. The summed E-state index contributed by atoms with van der Waals surface area (Å²) in [6.45, 7) is 18.5. The minimum atomic E-state index is -0.495. The van der Waals surface area contributed by atoms with Gasteiger partial charge in [0.25, 0.3) is 0 Å². The first-order valence-electron chi connectivity index (χ1n) is 13.1. The molecule has 1 fully saturated rings. The van der Waals surface area contributed by atoms with Crippen LogP contribution in [-0.2, 0) is 4.79 Å². The van der Waals surface area contributed by atoms with E-state index >= 15 is 0 Å². The molecular weight excluding hydrogens is 392 g/mol. The van der Waals surface area contributed by atoms with Crippen LogP contribution in [0.3, 0.4) is 0 Å². The number of Topliss-reactive ketones (excluding diaryl/α,β-unsaturated/α-hetero) is 1. The number of hydrogen-bond donors (Lipinski definition) is 1. The number of hydrogen-bond acceptors (Lipinski definition) is 2. The highest BCUT2D eigenvalue weighted by atomic mass is 16.3. The summed E-state index contributed by atoms with van der Waals surface area (Å²) in [6, 6.07) is 0. The summed E-state index contributed by atoms with van der Waals surface area (Å²) in [6.07, 6.45) is 14.0. The molecule has 0 bridgehead atoms. The molecule has 0 radical (unpaired) electrons. The van der Waals surface area contributed by atoms with E-state index in [2.05, 4.69) is 61.5 Å². The summed E-state index contributed by atoms with van der Waals surface area (Å²) >= 11 is 0. The molecule has 4 rings (SSSR count). The third-order valence-electron chi connectivity index (χ3n) is 11.0. The zero-order valence-electron chi connectivity index (χ0n) is 21.9. The number of aliphatic hydroxyl groups excluding tert-OH is 1. The first kappa shape index (κ1) is 23.8. The van der Waals surface area contributed by atoms with E-state index in [9.17, 15) is 9.90 Å². The quantitative estimate of drug-likeness (QED) is 0.448. The second-order valence-corrected chi connectivity index (χ2v) is 13.1. The molecule has 4 aliphatic carbocycles. The predicted molar refractivity (Wildman–Crippen MR) is 133 cm³/mol. The summed E-state index contributed by atoms with van der Waals surface area (Å²) in [5.74, 6) is 1.75. The average Bonchev–Trinajstić information content (AvgIpc) is 2.97. The molecule has 1 N–H and O–H groups in total. The Morgan fingerprint density at radius 1 is 1.09 bits per heavy atom. The minimum Gasteiger partial charge on any atom is -0.505 e. The zero-order valence-corrected chi connectivity index (χ0v) is 21.9.